The van der Waals surface area contributed by atoms with Gasteiger partial charge in [0.15, 0.2) is 0 Å². The Morgan fingerprint density at radius 2 is 0.400 bits per heavy atom. The third kappa shape index (κ3) is 188. The molecule has 0 amide bonds. The SMILES string of the molecule is N.N.N.N.[Cu]. The topological polar surface area (TPSA) is 140 Å². The van der Waals surface area contributed by atoms with Crippen LogP contribution in [0.3, 0.4) is 0 Å². The second-order valence-corrected chi connectivity index (χ2v) is 0. The summed E-state index contributed by atoms with van der Waals surface area (Å²) in [5, 5.41) is 0. The molecule has 1 radical (unpaired) electrons. The molecule has 0 aliphatic rings. The first-order valence-electron chi connectivity index (χ1n) is 0. The van der Waals surface area contributed by atoms with Crippen LogP contribution in [-0.2, 0) is 17.1 Å². The van der Waals surface area contributed by atoms with Gasteiger partial charge in [0.05, 0.1) is 0 Å². The third-order valence-corrected chi connectivity index (χ3v) is 0. The van der Waals surface area contributed by atoms with E-state index in [1.165, 1.54) is 0 Å². The van der Waals surface area contributed by atoms with Crippen molar-refractivity contribution in [2.75, 3.05) is 0 Å². The van der Waals surface area contributed by atoms with Crippen molar-refractivity contribution in [1.29, 1.82) is 0 Å². The van der Waals surface area contributed by atoms with Crippen molar-refractivity contribution >= 4 is 0 Å². The Kier molecular flexibility index (Phi) is 60000. The summed E-state index contributed by atoms with van der Waals surface area (Å²) in [6.07, 6.45) is 0. The molecule has 43 valence electrons. The molecular weight excluding hydrogens is 120 g/mol. The maximum atomic E-state index is 0. The molecule has 4 nitrogen and oxygen atoms in total. The largest absolute Gasteiger partial charge is 0.344 e. The average molecular weight is 132 g/mol. The molecule has 0 fully saturated rings. The van der Waals surface area contributed by atoms with Crippen LogP contribution >= 0.6 is 0 Å². The molecule has 0 aliphatic heterocycles. The first-order valence-corrected chi connectivity index (χ1v) is 0. The van der Waals surface area contributed by atoms with Crippen LogP contribution in [-0.4, -0.2) is 0 Å². The van der Waals surface area contributed by atoms with Gasteiger partial charge in [0, 0.05) is 17.1 Å². The van der Waals surface area contributed by atoms with Crippen molar-refractivity contribution < 1.29 is 17.1 Å². The van der Waals surface area contributed by atoms with Gasteiger partial charge in [-0.05, 0) is 0 Å². The average Bonchev–Trinajstić information content (AvgIpc) is 0. The van der Waals surface area contributed by atoms with Gasteiger partial charge in [-0.15, -0.1) is 0 Å². The van der Waals surface area contributed by atoms with Crippen molar-refractivity contribution in [2.45, 2.75) is 0 Å². The minimum atomic E-state index is 0. The number of rotatable bonds is 0. The molecule has 0 bridgehead atoms. The fraction of sp³-hybridized carbons (Fsp3) is 0. The molecule has 5 heteroatoms. The van der Waals surface area contributed by atoms with Gasteiger partial charge in [-0.25, -0.2) is 0 Å². The molecule has 0 aromatic carbocycles. The van der Waals surface area contributed by atoms with Gasteiger partial charge in [0.25, 0.3) is 0 Å². The van der Waals surface area contributed by atoms with E-state index in [1.54, 1.807) is 0 Å². The van der Waals surface area contributed by atoms with Gasteiger partial charge in [0.2, 0.25) is 0 Å². The molecule has 0 atom stereocenters. The van der Waals surface area contributed by atoms with Crippen molar-refractivity contribution in [3.05, 3.63) is 0 Å². The fourth-order valence-corrected chi connectivity index (χ4v) is 0. The summed E-state index contributed by atoms with van der Waals surface area (Å²) in [6, 6.07) is 0. The predicted octanol–water partition coefficient (Wildman–Crippen LogP) is 0.645. The minimum absolute atomic E-state index is 0. The molecule has 0 saturated carbocycles. The quantitative estimate of drug-likeness (QED) is 0.358. The second-order valence-electron chi connectivity index (χ2n) is 0. The summed E-state index contributed by atoms with van der Waals surface area (Å²) in [6.45, 7) is 0. The molecule has 0 aromatic rings. The van der Waals surface area contributed by atoms with Crippen LogP contribution in [0, 0.1) is 0 Å². The summed E-state index contributed by atoms with van der Waals surface area (Å²) < 4.78 is 0. The predicted molar refractivity (Wildman–Crippen MR) is 20.1 cm³/mol. The van der Waals surface area contributed by atoms with Crippen LogP contribution in [0.1, 0.15) is 0 Å². The van der Waals surface area contributed by atoms with E-state index in [4.69, 9.17) is 0 Å². The molecule has 0 aliphatic carbocycles. The van der Waals surface area contributed by atoms with E-state index in [2.05, 4.69) is 0 Å². The van der Waals surface area contributed by atoms with Crippen LogP contribution in [0.15, 0.2) is 0 Å². The van der Waals surface area contributed by atoms with Crippen LogP contribution in [0.4, 0.5) is 0 Å². The number of hydrogen-bond acceptors (Lipinski definition) is 4. The maximum absolute atomic E-state index is 0. The Balaban J connectivity index is 0. The van der Waals surface area contributed by atoms with Crippen LogP contribution in [0.25, 0.3) is 0 Å². The van der Waals surface area contributed by atoms with E-state index in [-0.39, 0.29) is 41.7 Å². The van der Waals surface area contributed by atoms with E-state index < -0.39 is 0 Å². The van der Waals surface area contributed by atoms with Gasteiger partial charge < -0.3 is 24.6 Å². The molecular formula is H12CuN4. The van der Waals surface area contributed by atoms with Crippen LogP contribution in [0.2, 0.25) is 0 Å². The summed E-state index contributed by atoms with van der Waals surface area (Å²) >= 11 is 0. The minimum Gasteiger partial charge on any atom is -0.344 e. The zero-order chi connectivity index (χ0) is 0. The molecule has 12 N–H and O–H groups in total. The van der Waals surface area contributed by atoms with Crippen LogP contribution < -0.4 is 24.6 Å². The van der Waals surface area contributed by atoms with E-state index >= 15 is 0 Å². The van der Waals surface area contributed by atoms with Gasteiger partial charge in [-0.3, -0.25) is 0 Å². The Hall–Kier alpha value is 0.359. The standard InChI is InChI=1S/Cu.4H3N/h;4*1H3. The van der Waals surface area contributed by atoms with Gasteiger partial charge in [0.1, 0.15) is 0 Å². The van der Waals surface area contributed by atoms with E-state index in [0.29, 0.717) is 0 Å². The van der Waals surface area contributed by atoms with Gasteiger partial charge in [-0.1, -0.05) is 0 Å². The first-order chi connectivity index (χ1) is 0. The Bertz CT molecular complexity index is 3.61. The molecule has 0 heterocycles. The summed E-state index contributed by atoms with van der Waals surface area (Å²) in [5.41, 5.74) is 0. The van der Waals surface area contributed by atoms with Crippen molar-refractivity contribution in [1.82, 2.24) is 24.6 Å². The zero-order valence-corrected chi connectivity index (χ0v) is 4.07. The molecule has 5 heavy (non-hydrogen) atoms. The molecule has 0 spiro atoms. The van der Waals surface area contributed by atoms with Crippen molar-refractivity contribution in [2.24, 2.45) is 0 Å². The Morgan fingerprint density at radius 3 is 0.400 bits per heavy atom. The van der Waals surface area contributed by atoms with Crippen molar-refractivity contribution in [3.8, 4) is 0 Å². The molecule has 0 unspecified atom stereocenters. The van der Waals surface area contributed by atoms with Gasteiger partial charge >= 0.3 is 0 Å². The second kappa shape index (κ2) is 381. The molecule has 0 rings (SSSR count). The smallest absolute Gasteiger partial charge is 0 e. The summed E-state index contributed by atoms with van der Waals surface area (Å²) in [4.78, 5) is 0. The monoisotopic (exact) mass is 131 g/mol. The molecule has 0 saturated heterocycles. The fourth-order valence-electron chi connectivity index (χ4n) is 0. The van der Waals surface area contributed by atoms with Crippen LogP contribution in [0.5, 0.6) is 0 Å². The number of hydrogen-bond donors (Lipinski definition) is 4. The normalized spacial score (nSPS) is 0. The first kappa shape index (κ1) is 788. The van der Waals surface area contributed by atoms with E-state index in [0.717, 1.165) is 0 Å². The summed E-state index contributed by atoms with van der Waals surface area (Å²) in [5.74, 6) is 0. The maximum Gasteiger partial charge on any atom is 0 e. The van der Waals surface area contributed by atoms with E-state index in [9.17, 15) is 0 Å². The zero-order valence-electron chi connectivity index (χ0n) is 3.13. The van der Waals surface area contributed by atoms with Crippen molar-refractivity contribution in [3.63, 3.8) is 0 Å². The Morgan fingerprint density at radius 1 is 0.400 bits per heavy atom. The Labute approximate surface area is 42.5 Å². The van der Waals surface area contributed by atoms with E-state index in [1.807, 2.05) is 0 Å². The third-order valence-electron chi connectivity index (χ3n) is 0. The summed E-state index contributed by atoms with van der Waals surface area (Å²) in [7, 11) is 0. The van der Waals surface area contributed by atoms with Gasteiger partial charge in [-0.2, -0.15) is 0 Å². The molecule has 0 aromatic heterocycles.